The number of aromatic nitrogens is 2. The summed E-state index contributed by atoms with van der Waals surface area (Å²) in [6.07, 6.45) is 4.61. The molecule has 144 valence electrons. The van der Waals surface area contributed by atoms with Crippen LogP contribution in [0.25, 0.3) is 10.2 Å². The Bertz CT molecular complexity index is 876. The fraction of sp³-hybridized carbons (Fsp3) is 0.474. The Morgan fingerprint density at radius 1 is 1.56 bits per heavy atom. The second-order valence-electron chi connectivity index (χ2n) is 6.66. The molecule has 0 aliphatic carbocycles. The van der Waals surface area contributed by atoms with E-state index >= 15 is 0 Å². The molecule has 0 spiro atoms. The van der Waals surface area contributed by atoms with E-state index in [1.165, 1.54) is 11.3 Å². The van der Waals surface area contributed by atoms with Crippen LogP contribution in [0.2, 0.25) is 0 Å². The van der Waals surface area contributed by atoms with Crippen molar-refractivity contribution in [2.24, 2.45) is 10.9 Å². The number of fused-ring (bicyclic) bond motifs is 1. The first-order chi connectivity index (χ1) is 13.1. The minimum atomic E-state index is -0.0992. The first-order valence-electron chi connectivity index (χ1n) is 9.07. The van der Waals surface area contributed by atoms with Gasteiger partial charge in [-0.05, 0) is 37.3 Å². The molecule has 1 saturated heterocycles. The maximum atomic E-state index is 13.1. The van der Waals surface area contributed by atoms with E-state index in [9.17, 15) is 9.90 Å². The van der Waals surface area contributed by atoms with Gasteiger partial charge >= 0.3 is 0 Å². The van der Waals surface area contributed by atoms with E-state index in [2.05, 4.69) is 20.3 Å². The van der Waals surface area contributed by atoms with Crippen LogP contribution in [0.15, 0.2) is 28.1 Å². The highest BCUT2D eigenvalue weighted by molar-refractivity contribution is 7.17. The number of thiophene rings is 1. The number of aliphatic hydroxyl groups is 1. The standard InChI is InChI=1S/C19H25N5O2S/c1-4-14(9-20-3)12(2)21-19-22-15-6-8-27-17(15)16(23-19)18(26)24-7-5-13(10-24)11-25/h4,6,8-9,12-13,25H,5,7,10-11H2,1-3H3,(H,21,22,23)/b14-4+,20-9-. The monoisotopic (exact) mass is 387 g/mol. The number of anilines is 1. The molecule has 2 aromatic rings. The molecule has 0 aromatic carbocycles. The molecule has 0 saturated carbocycles. The first kappa shape index (κ1) is 19.4. The number of nitrogens with one attached hydrogen (secondary N) is 1. The van der Waals surface area contributed by atoms with E-state index < -0.39 is 0 Å². The summed E-state index contributed by atoms with van der Waals surface area (Å²) in [5.74, 6) is 0.481. The van der Waals surface area contributed by atoms with Gasteiger partial charge in [0.1, 0.15) is 0 Å². The van der Waals surface area contributed by atoms with Gasteiger partial charge in [-0.3, -0.25) is 9.79 Å². The molecule has 3 heterocycles. The molecule has 2 aromatic heterocycles. The quantitative estimate of drug-likeness (QED) is 0.744. The van der Waals surface area contributed by atoms with Crippen LogP contribution in [0.3, 0.4) is 0 Å². The minimum absolute atomic E-state index is 0.0386. The largest absolute Gasteiger partial charge is 0.396 e. The van der Waals surface area contributed by atoms with E-state index in [1.54, 1.807) is 18.2 Å². The molecule has 1 aliphatic rings. The maximum absolute atomic E-state index is 13.1. The van der Waals surface area contributed by atoms with Crippen LogP contribution in [-0.4, -0.2) is 64.9 Å². The Morgan fingerprint density at radius 3 is 3.04 bits per heavy atom. The lowest BCUT2D eigenvalue weighted by Crippen LogP contribution is -2.30. The van der Waals surface area contributed by atoms with Crippen LogP contribution in [0, 0.1) is 5.92 Å². The highest BCUT2D eigenvalue weighted by Crippen LogP contribution is 2.27. The van der Waals surface area contributed by atoms with Crippen molar-refractivity contribution in [3.8, 4) is 0 Å². The molecule has 2 unspecified atom stereocenters. The summed E-state index contributed by atoms with van der Waals surface area (Å²) in [5, 5.41) is 14.5. The third kappa shape index (κ3) is 4.17. The van der Waals surface area contributed by atoms with E-state index in [-0.39, 0.29) is 24.5 Å². The van der Waals surface area contributed by atoms with Crippen molar-refractivity contribution in [1.29, 1.82) is 0 Å². The van der Waals surface area contributed by atoms with Crippen molar-refractivity contribution < 1.29 is 9.90 Å². The average molecular weight is 388 g/mol. The number of amides is 1. The number of aliphatic hydroxyl groups excluding tert-OH is 1. The van der Waals surface area contributed by atoms with Gasteiger partial charge in [-0.15, -0.1) is 11.3 Å². The summed E-state index contributed by atoms with van der Waals surface area (Å²) in [6, 6.07) is 1.86. The number of hydrogen-bond donors (Lipinski definition) is 2. The van der Waals surface area contributed by atoms with Gasteiger partial charge in [0.05, 0.1) is 16.3 Å². The van der Waals surface area contributed by atoms with Crippen LogP contribution in [0.5, 0.6) is 0 Å². The zero-order chi connectivity index (χ0) is 19.4. The summed E-state index contributed by atoms with van der Waals surface area (Å²) in [7, 11) is 1.73. The van der Waals surface area contributed by atoms with Crippen LogP contribution in [-0.2, 0) is 0 Å². The predicted molar refractivity (Wildman–Crippen MR) is 110 cm³/mol. The third-order valence-corrected chi connectivity index (χ3v) is 5.70. The Balaban J connectivity index is 1.90. The summed E-state index contributed by atoms with van der Waals surface area (Å²) < 4.78 is 0.798. The molecule has 7 nitrogen and oxygen atoms in total. The second kappa shape index (κ2) is 8.58. The zero-order valence-electron chi connectivity index (χ0n) is 15.8. The summed E-state index contributed by atoms with van der Waals surface area (Å²) in [4.78, 5) is 28.0. The highest BCUT2D eigenvalue weighted by Gasteiger charge is 2.29. The molecule has 0 radical (unpaired) electrons. The number of hydrogen-bond acceptors (Lipinski definition) is 7. The molecule has 0 bridgehead atoms. The first-order valence-corrected chi connectivity index (χ1v) is 9.95. The number of allylic oxidation sites excluding steroid dienone is 1. The number of carbonyl (C=O) groups excluding carboxylic acids is 1. The smallest absolute Gasteiger partial charge is 0.274 e. The lowest BCUT2D eigenvalue weighted by atomic mass is 10.1. The molecule has 8 heteroatoms. The topological polar surface area (TPSA) is 90.7 Å². The van der Waals surface area contributed by atoms with E-state index in [0.29, 0.717) is 24.7 Å². The van der Waals surface area contributed by atoms with Crippen LogP contribution < -0.4 is 5.32 Å². The molecule has 1 aliphatic heterocycles. The second-order valence-corrected chi connectivity index (χ2v) is 7.58. The van der Waals surface area contributed by atoms with Crippen molar-refractivity contribution in [2.75, 3.05) is 32.1 Å². The van der Waals surface area contributed by atoms with Gasteiger partial charge in [-0.2, -0.15) is 0 Å². The van der Waals surface area contributed by atoms with Crippen molar-refractivity contribution in [2.45, 2.75) is 26.3 Å². The number of carbonyl (C=O) groups is 1. The number of aliphatic imine (C=N–C) groups is 1. The predicted octanol–water partition coefficient (Wildman–Crippen LogP) is 2.59. The molecule has 1 fully saturated rings. The number of nitrogens with zero attached hydrogens (tertiary/aromatic N) is 4. The van der Waals surface area contributed by atoms with Gasteiger partial charge in [0, 0.05) is 38.9 Å². The fourth-order valence-electron chi connectivity index (χ4n) is 3.25. The Labute approximate surface area is 162 Å². The van der Waals surface area contributed by atoms with E-state index in [1.807, 2.05) is 31.4 Å². The SMILES string of the molecule is C/C=C(\C=N/C)C(C)Nc1nc(C(=O)N2CCC(CO)C2)c2sccc2n1. The Kier molecular flexibility index (Phi) is 6.18. The van der Waals surface area contributed by atoms with E-state index in [0.717, 1.165) is 22.2 Å². The normalized spacial score (nSPS) is 19.2. The van der Waals surface area contributed by atoms with Crippen LogP contribution in [0.1, 0.15) is 30.8 Å². The van der Waals surface area contributed by atoms with Crippen molar-refractivity contribution in [3.05, 3.63) is 28.8 Å². The third-order valence-electron chi connectivity index (χ3n) is 4.79. The lowest BCUT2D eigenvalue weighted by molar-refractivity contribution is 0.0778. The molecule has 27 heavy (non-hydrogen) atoms. The minimum Gasteiger partial charge on any atom is -0.396 e. The number of rotatable bonds is 6. The van der Waals surface area contributed by atoms with Crippen LogP contribution >= 0.6 is 11.3 Å². The van der Waals surface area contributed by atoms with Gasteiger partial charge < -0.3 is 15.3 Å². The summed E-state index contributed by atoms with van der Waals surface area (Å²) in [6.45, 7) is 5.29. The lowest BCUT2D eigenvalue weighted by Gasteiger charge is -2.18. The number of likely N-dealkylation sites (tertiary alicyclic amines) is 1. The van der Waals surface area contributed by atoms with Crippen molar-refractivity contribution >= 4 is 39.6 Å². The van der Waals surface area contributed by atoms with Crippen molar-refractivity contribution in [3.63, 3.8) is 0 Å². The Hall–Kier alpha value is -2.32. The van der Waals surface area contributed by atoms with Crippen molar-refractivity contribution in [1.82, 2.24) is 14.9 Å². The molecule has 2 N–H and O–H groups in total. The zero-order valence-corrected chi connectivity index (χ0v) is 16.7. The molecular formula is C19H25N5O2S. The molecule has 3 rings (SSSR count). The Morgan fingerprint density at radius 2 is 2.37 bits per heavy atom. The molecule has 1 amide bonds. The van der Waals surface area contributed by atoms with Gasteiger partial charge in [-0.1, -0.05) is 6.08 Å². The van der Waals surface area contributed by atoms with Crippen LogP contribution in [0.4, 0.5) is 5.95 Å². The summed E-state index contributed by atoms with van der Waals surface area (Å²) >= 11 is 1.47. The molecular weight excluding hydrogens is 362 g/mol. The van der Waals surface area contributed by atoms with Gasteiger partial charge in [0.25, 0.3) is 5.91 Å². The van der Waals surface area contributed by atoms with E-state index in [4.69, 9.17) is 0 Å². The average Bonchev–Trinajstić information content (AvgIpc) is 3.33. The van der Waals surface area contributed by atoms with Gasteiger partial charge in [-0.25, -0.2) is 9.97 Å². The summed E-state index contributed by atoms with van der Waals surface area (Å²) in [5.41, 5.74) is 2.20. The molecule has 2 atom stereocenters. The van der Waals surface area contributed by atoms with Gasteiger partial charge in [0.2, 0.25) is 5.95 Å². The van der Waals surface area contributed by atoms with Gasteiger partial charge in [0.15, 0.2) is 5.69 Å². The highest BCUT2D eigenvalue weighted by atomic mass is 32.1. The maximum Gasteiger partial charge on any atom is 0.274 e. The fourth-order valence-corrected chi connectivity index (χ4v) is 4.06.